The van der Waals surface area contributed by atoms with E-state index >= 15 is 0 Å². The van der Waals surface area contributed by atoms with Gasteiger partial charge in [0.1, 0.15) is 0 Å². The summed E-state index contributed by atoms with van der Waals surface area (Å²) in [6.07, 6.45) is -0.167. The molecule has 0 aromatic heterocycles. The first kappa shape index (κ1) is 12.2. The molecule has 0 aliphatic rings. The molecule has 0 saturated carbocycles. The Hall–Kier alpha value is 1.45. The third kappa shape index (κ3) is 147. The van der Waals surface area contributed by atoms with Gasteiger partial charge in [0.05, 0.1) is 0 Å². The first-order chi connectivity index (χ1) is 3.46. The molecular weight excluding hydrogens is 259 g/mol. The van der Waals surface area contributed by atoms with Crippen molar-refractivity contribution in [1.29, 1.82) is 0 Å². The van der Waals surface area contributed by atoms with Gasteiger partial charge in [0.25, 0.3) is 0 Å². The molecule has 55 valence electrons. The summed E-state index contributed by atoms with van der Waals surface area (Å²) >= 11 is -1.75. The Kier molecular flexibility index (Phi) is 12.8. The van der Waals surface area contributed by atoms with Crippen molar-refractivity contribution < 1.29 is 18.1 Å². The second-order valence-corrected chi connectivity index (χ2v) is 9.16. The molecule has 0 aromatic carbocycles. The van der Waals surface area contributed by atoms with Crippen molar-refractivity contribution in [1.82, 2.24) is 0 Å². The van der Waals surface area contributed by atoms with Crippen molar-refractivity contribution in [2.24, 2.45) is 0 Å². The zero-order valence-electron chi connectivity index (χ0n) is 4.51. The summed E-state index contributed by atoms with van der Waals surface area (Å²) in [7, 11) is 14.8. The maximum absolute atomic E-state index is 8.06. The predicted octanol–water partition coefficient (Wildman–Crippen LogP) is 2.45. The fourth-order valence-corrected chi connectivity index (χ4v) is 0. The third-order valence-electron chi connectivity index (χ3n) is 0. The van der Waals surface area contributed by atoms with Crippen LogP contribution in [0.5, 0.6) is 0 Å². The van der Waals surface area contributed by atoms with Gasteiger partial charge in [0, 0.05) is 6.10 Å². The van der Waals surface area contributed by atoms with Gasteiger partial charge in [-0.25, -0.2) is 0 Å². The van der Waals surface area contributed by atoms with E-state index < -0.39 is 13.0 Å². The fraction of sp³-hybridized carbons (Fsp3) is 1.00. The second-order valence-electron chi connectivity index (χ2n) is 1.25. The van der Waals surface area contributed by atoms with Crippen molar-refractivity contribution in [2.45, 2.75) is 20.0 Å². The van der Waals surface area contributed by atoms with Crippen LogP contribution < -0.4 is 0 Å². The molecule has 0 unspecified atom stereocenters. The topological polar surface area (TPSA) is 20.2 Å². The zero-order chi connectivity index (χ0) is 7.15. The summed E-state index contributed by atoms with van der Waals surface area (Å²) < 4.78 is 0. The normalized spacial score (nSPS) is 10.1. The molecule has 0 saturated heterocycles. The molecule has 0 radical (unpaired) electrons. The van der Waals surface area contributed by atoms with Gasteiger partial charge in [0.2, 0.25) is 0 Å². The standard InChI is InChI=1S/C3H8O.3ClH.Ru/c1-3(2)4;;;;/h3-4H,1-2H3;3*1H;/q;;;;+3/p-3. The third-order valence-corrected chi connectivity index (χ3v) is 0. The molecule has 0 bridgehead atoms. The van der Waals surface area contributed by atoms with Crippen molar-refractivity contribution in [3.05, 3.63) is 0 Å². The molecule has 0 heterocycles. The van der Waals surface area contributed by atoms with E-state index in [0.29, 0.717) is 0 Å². The molecule has 0 aliphatic heterocycles. The van der Waals surface area contributed by atoms with E-state index in [9.17, 15) is 0 Å². The van der Waals surface area contributed by atoms with Crippen LogP contribution >= 0.6 is 29.1 Å². The first-order valence-corrected chi connectivity index (χ1v) is 8.53. The Morgan fingerprint density at radius 3 is 1.25 bits per heavy atom. The average molecular weight is 268 g/mol. The van der Waals surface area contributed by atoms with Crippen molar-refractivity contribution >= 4 is 29.1 Å². The number of halogens is 3. The number of hydrogen-bond donors (Lipinski definition) is 1. The molecule has 0 aliphatic carbocycles. The summed E-state index contributed by atoms with van der Waals surface area (Å²) in [6, 6.07) is 0. The predicted molar refractivity (Wildman–Crippen MR) is 34.9 cm³/mol. The number of aliphatic hydroxyl groups excluding tert-OH is 1. The minimum absolute atomic E-state index is 0.167. The summed E-state index contributed by atoms with van der Waals surface area (Å²) in [5, 5.41) is 8.06. The molecule has 8 heavy (non-hydrogen) atoms. The van der Waals surface area contributed by atoms with E-state index in [1.807, 2.05) is 0 Å². The summed E-state index contributed by atoms with van der Waals surface area (Å²) in [4.78, 5) is 0. The molecule has 0 fully saturated rings. The Labute approximate surface area is 67.0 Å². The van der Waals surface area contributed by atoms with Gasteiger partial charge in [-0.15, -0.1) is 0 Å². The molecule has 1 nitrogen and oxygen atoms in total. The van der Waals surface area contributed by atoms with Crippen molar-refractivity contribution in [3.8, 4) is 0 Å². The zero-order valence-corrected chi connectivity index (χ0v) is 8.52. The van der Waals surface area contributed by atoms with Gasteiger partial charge in [-0.3, -0.25) is 0 Å². The Bertz CT molecular complexity index is 30.0. The van der Waals surface area contributed by atoms with Crippen LogP contribution in [0.15, 0.2) is 0 Å². The van der Waals surface area contributed by atoms with Gasteiger partial charge >= 0.3 is 42.1 Å². The SMILES string of the molecule is CC(C)O.[Cl][Ru]([Cl])[Cl]. The van der Waals surface area contributed by atoms with Gasteiger partial charge in [-0.1, -0.05) is 0 Å². The summed E-state index contributed by atoms with van der Waals surface area (Å²) in [5.41, 5.74) is 0. The van der Waals surface area contributed by atoms with Crippen LogP contribution in [0.4, 0.5) is 0 Å². The fourth-order valence-electron chi connectivity index (χ4n) is 0. The molecule has 0 aromatic rings. The molecule has 0 amide bonds. The van der Waals surface area contributed by atoms with Crippen LogP contribution in [0.1, 0.15) is 13.8 Å². The van der Waals surface area contributed by atoms with E-state index in [4.69, 9.17) is 34.2 Å². The average Bonchev–Trinajstić information content (AvgIpc) is 1.25. The van der Waals surface area contributed by atoms with Crippen LogP contribution in [0, 0.1) is 0 Å². The monoisotopic (exact) mass is 267 g/mol. The number of aliphatic hydroxyl groups is 1. The van der Waals surface area contributed by atoms with Gasteiger partial charge in [-0.05, 0) is 13.8 Å². The number of hydrogen-bond acceptors (Lipinski definition) is 1. The minimum atomic E-state index is -1.75. The first-order valence-electron chi connectivity index (χ1n) is 1.81. The maximum atomic E-state index is 8.06. The van der Waals surface area contributed by atoms with E-state index in [0.717, 1.165) is 0 Å². The molecule has 1 N–H and O–H groups in total. The van der Waals surface area contributed by atoms with E-state index in [-0.39, 0.29) is 6.10 Å². The summed E-state index contributed by atoms with van der Waals surface area (Å²) in [5.74, 6) is 0. The van der Waals surface area contributed by atoms with Gasteiger partial charge in [-0.2, -0.15) is 0 Å². The molecule has 5 heteroatoms. The van der Waals surface area contributed by atoms with Crippen LogP contribution in [0.2, 0.25) is 0 Å². The Morgan fingerprint density at radius 2 is 1.25 bits per heavy atom. The number of rotatable bonds is 0. The van der Waals surface area contributed by atoms with Crippen LogP contribution in [-0.4, -0.2) is 11.2 Å². The quantitative estimate of drug-likeness (QED) is 0.669. The molecular formula is C3H8Cl3ORu. The van der Waals surface area contributed by atoms with E-state index in [1.165, 1.54) is 0 Å². The van der Waals surface area contributed by atoms with Crippen LogP contribution in [-0.2, 0) is 13.0 Å². The molecule has 0 rings (SSSR count). The molecule has 0 atom stereocenters. The van der Waals surface area contributed by atoms with Gasteiger partial charge < -0.3 is 5.11 Å². The van der Waals surface area contributed by atoms with Crippen molar-refractivity contribution in [3.63, 3.8) is 0 Å². The Balaban J connectivity index is 0. The van der Waals surface area contributed by atoms with Crippen molar-refractivity contribution in [2.75, 3.05) is 0 Å². The van der Waals surface area contributed by atoms with Crippen LogP contribution in [0.25, 0.3) is 0 Å². The Morgan fingerprint density at radius 1 is 1.25 bits per heavy atom. The second kappa shape index (κ2) is 8.45. The van der Waals surface area contributed by atoms with Crippen LogP contribution in [0.3, 0.4) is 0 Å². The molecule has 0 spiro atoms. The summed E-state index contributed by atoms with van der Waals surface area (Å²) in [6.45, 7) is 3.44. The van der Waals surface area contributed by atoms with E-state index in [2.05, 4.69) is 0 Å². The van der Waals surface area contributed by atoms with E-state index in [1.54, 1.807) is 13.8 Å². The van der Waals surface area contributed by atoms with Gasteiger partial charge in [0.15, 0.2) is 0 Å².